The van der Waals surface area contributed by atoms with Gasteiger partial charge in [-0.15, -0.1) is 0 Å². The van der Waals surface area contributed by atoms with Crippen LogP contribution < -0.4 is 0 Å². The lowest BCUT2D eigenvalue weighted by Crippen LogP contribution is -2.02. The Bertz CT molecular complexity index is 432. The minimum atomic E-state index is 0.584. The van der Waals surface area contributed by atoms with Crippen molar-refractivity contribution in [1.82, 2.24) is 9.55 Å². The van der Waals surface area contributed by atoms with E-state index in [-0.39, 0.29) is 0 Å². The van der Waals surface area contributed by atoms with Crippen LogP contribution in [0.25, 0.3) is 5.69 Å². The highest BCUT2D eigenvalue weighted by molar-refractivity contribution is 5.34. The molecule has 1 aromatic carbocycles. The van der Waals surface area contributed by atoms with Crippen LogP contribution in [0.15, 0.2) is 43.0 Å². The Balaban J connectivity index is 1.94. The first-order valence-electron chi connectivity index (χ1n) is 5.90. The molecule has 0 unspecified atom stereocenters. The van der Waals surface area contributed by atoms with E-state index >= 15 is 0 Å². The summed E-state index contributed by atoms with van der Waals surface area (Å²) >= 11 is 0. The van der Waals surface area contributed by atoms with Crippen LogP contribution in [0.4, 0.5) is 0 Å². The molecule has 0 bridgehead atoms. The molecule has 0 amide bonds. The molecule has 90 valence electrons. The number of ether oxygens (including phenoxy) is 1. The molecule has 0 aliphatic heterocycles. The second kappa shape index (κ2) is 5.64. The van der Waals surface area contributed by atoms with Crippen molar-refractivity contribution in [2.75, 3.05) is 6.61 Å². The van der Waals surface area contributed by atoms with Gasteiger partial charge in [-0.25, -0.2) is 4.98 Å². The Hall–Kier alpha value is -1.61. The van der Waals surface area contributed by atoms with Crippen LogP contribution in [0, 0.1) is 5.92 Å². The second-order valence-electron chi connectivity index (χ2n) is 4.55. The van der Waals surface area contributed by atoms with E-state index in [9.17, 15) is 0 Å². The molecule has 2 rings (SSSR count). The summed E-state index contributed by atoms with van der Waals surface area (Å²) in [6.07, 6.45) is 5.51. The van der Waals surface area contributed by atoms with E-state index in [4.69, 9.17) is 4.74 Å². The normalized spacial score (nSPS) is 11.0. The van der Waals surface area contributed by atoms with Crippen molar-refractivity contribution >= 4 is 0 Å². The number of aromatic nitrogens is 2. The number of nitrogens with zero attached hydrogens (tertiary/aromatic N) is 2. The molecule has 3 heteroatoms. The summed E-state index contributed by atoms with van der Waals surface area (Å²) in [6, 6.07) is 8.34. The molecule has 3 nitrogen and oxygen atoms in total. The van der Waals surface area contributed by atoms with Crippen LogP contribution in [-0.4, -0.2) is 16.2 Å². The lowest BCUT2D eigenvalue weighted by atomic mass is 10.2. The molecule has 0 saturated carbocycles. The van der Waals surface area contributed by atoms with Gasteiger partial charge in [-0.1, -0.05) is 26.0 Å². The summed E-state index contributed by atoms with van der Waals surface area (Å²) in [7, 11) is 0. The molecule has 0 N–H and O–H groups in total. The predicted octanol–water partition coefficient (Wildman–Crippen LogP) is 3.04. The molecule has 1 aromatic heterocycles. The smallest absolute Gasteiger partial charge is 0.0991 e. The minimum Gasteiger partial charge on any atom is -0.377 e. The van der Waals surface area contributed by atoms with Crippen LogP contribution in [0.2, 0.25) is 0 Å². The summed E-state index contributed by atoms with van der Waals surface area (Å²) in [6.45, 7) is 5.80. The summed E-state index contributed by atoms with van der Waals surface area (Å²) in [5.41, 5.74) is 2.32. The Morgan fingerprint density at radius 2 is 2.00 bits per heavy atom. The largest absolute Gasteiger partial charge is 0.377 e. The summed E-state index contributed by atoms with van der Waals surface area (Å²) in [5, 5.41) is 0. The van der Waals surface area contributed by atoms with Gasteiger partial charge >= 0.3 is 0 Å². The zero-order valence-corrected chi connectivity index (χ0v) is 10.3. The average molecular weight is 230 g/mol. The third-order valence-electron chi connectivity index (χ3n) is 2.46. The second-order valence-corrected chi connectivity index (χ2v) is 4.55. The van der Waals surface area contributed by atoms with Gasteiger partial charge in [0.15, 0.2) is 0 Å². The fourth-order valence-corrected chi connectivity index (χ4v) is 1.59. The minimum absolute atomic E-state index is 0.584. The number of hydrogen-bond acceptors (Lipinski definition) is 2. The van der Waals surface area contributed by atoms with Gasteiger partial charge in [0.1, 0.15) is 0 Å². The van der Waals surface area contributed by atoms with E-state index in [1.807, 2.05) is 10.8 Å². The number of hydrogen-bond donors (Lipinski definition) is 0. The summed E-state index contributed by atoms with van der Waals surface area (Å²) in [4.78, 5) is 4.03. The first-order valence-corrected chi connectivity index (χ1v) is 5.90. The molecular formula is C14H18N2O. The maximum Gasteiger partial charge on any atom is 0.0991 e. The van der Waals surface area contributed by atoms with Gasteiger partial charge in [0.2, 0.25) is 0 Å². The Labute approximate surface area is 102 Å². The van der Waals surface area contributed by atoms with Gasteiger partial charge < -0.3 is 9.30 Å². The highest BCUT2D eigenvalue weighted by Crippen LogP contribution is 2.10. The van der Waals surface area contributed by atoms with E-state index in [0.717, 1.165) is 12.3 Å². The maximum absolute atomic E-state index is 5.59. The van der Waals surface area contributed by atoms with E-state index in [1.54, 1.807) is 12.5 Å². The first-order chi connectivity index (χ1) is 8.25. The molecule has 0 saturated heterocycles. The molecule has 0 fully saturated rings. The van der Waals surface area contributed by atoms with Crippen molar-refractivity contribution in [3.63, 3.8) is 0 Å². The molecule has 0 aliphatic rings. The van der Waals surface area contributed by atoms with Gasteiger partial charge in [-0.05, 0) is 23.6 Å². The van der Waals surface area contributed by atoms with Crippen molar-refractivity contribution in [3.05, 3.63) is 48.5 Å². The van der Waals surface area contributed by atoms with Crippen molar-refractivity contribution in [2.24, 2.45) is 5.92 Å². The first kappa shape index (κ1) is 11.9. The van der Waals surface area contributed by atoms with Gasteiger partial charge in [0, 0.05) is 24.7 Å². The summed E-state index contributed by atoms with van der Waals surface area (Å²) in [5.74, 6) is 0.584. The molecule has 0 aliphatic carbocycles. The zero-order valence-electron chi connectivity index (χ0n) is 10.3. The van der Waals surface area contributed by atoms with Gasteiger partial charge in [0.25, 0.3) is 0 Å². The fourth-order valence-electron chi connectivity index (χ4n) is 1.59. The van der Waals surface area contributed by atoms with Crippen molar-refractivity contribution < 1.29 is 4.74 Å². The monoisotopic (exact) mass is 230 g/mol. The third kappa shape index (κ3) is 3.43. The van der Waals surface area contributed by atoms with Crippen molar-refractivity contribution in [2.45, 2.75) is 20.5 Å². The van der Waals surface area contributed by atoms with E-state index < -0.39 is 0 Å². The highest BCUT2D eigenvalue weighted by atomic mass is 16.5. The molecule has 1 heterocycles. The fraction of sp³-hybridized carbons (Fsp3) is 0.357. The van der Waals surface area contributed by atoms with Gasteiger partial charge in [-0.3, -0.25) is 0 Å². The third-order valence-corrected chi connectivity index (χ3v) is 2.46. The quantitative estimate of drug-likeness (QED) is 0.789. The SMILES string of the molecule is CC(C)COCc1ccc(-n2ccnc2)cc1. The molecule has 0 spiro atoms. The van der Waals surface area contributed by atoms with Crippen LogP contribution in [0.1, 0.15) is 19.4 Å². The van der Waals surface area contributed by atoms with Crippen molar-refractivity contribution in [1.29, 1.82) is 0 Å². The standard InChI is InChI=1S/C14H18N2O/c1-12(2)9-17-10-13-3-5-14(6-4-13)16-8-7-15-11-16/h3-8,11-12H,9-10H2,1-2H3. The Kier molecular flexibility index (Phi) is 3.94. The van der Waals surface area contributed by atoms with Crippen LogP contribution in [0.5, 0.6) is 0 Å². The van der Waals surface area contributed by atoms with Crippen LogP contribution in [0.3, 0.4) is 0 Å². The average Bonchev–Trinajstić information content (AvgIpc) is 2.83. The molecular weight excluding hydrogens is 212 g/mol. The lowest BCUT2D eigenvalue weighted by molar-refractivity contribution is 0.0971. The number of imidazole rings is 1. The number of benzene rings is 1. The van der Waals surface area contributed by atoms with Crippen molar-refractivity contribution in [3.8, 4) is 5.69 Å². The predicted molar refractivity (Wildman–Crippen MR) is 68.1 cm³/mol. The number of rotatable bonds is 5. The topological polar surface area (TPSA) is 27.1 Å². The molecule has 0 radical (unpaired) electrons. The van der Waals surface area contributed by atoms with E-state index in [2.05, 4.69) is 43.1 Å². The van der Waals surface area contributed by atoms with Gasteiger partial charge in [-0.2, -0.15) is 0 Å². The van der Waals surface area contributed by atoms with Crippen LogP contribution >= 0.6 is 0 Å². The van der Waals surface area contributed by atoms with E-state index in [0.29, 0.717) is 12.5 Å². The van der Waals surface area contributed by atoms with Crippen LogP contribution in [-0.2, 0) is 11.3 Å². The Morgan fingerprint density at radius 3 is 2.59 bits per heavy atom. The zero-order chi connectivity index (χ0) is 12.1. The van der Waals surface area contributed by atoms with Gasteiger partial charge in [0.05, 0.1) is 12.9 Å². The molecule has 2 aromatic rings. The highest BCUT2D eigenvalue weighted by Gasteiger charge is 1.98. The lowest BCUT2D eigenvalue weighted by Gasteiger charge is -2.08. The maximum atomic E-state index is 5.59. The van der Waals surface area contributed by atoms with E-state index in [1.165, 1.54) is 5.56 Å². The molecule has 17 heavy (non-hydrogen) atoms. The summed E-state index contributed by atoms with van der Waals surface area (Å²) < 4.78 is 7.58. The molecule has 0 atom stereocenters. The Morgan fingerprint density at radius 1 is 1.24 bits per heavy atom.